The van der Waals surface area contributed by atoms with Crippen molar-refractivity contribution in [2.45, 2.75) is 13.5 Å². The van der Waals surface area contributed by atoms with Gasteiger partial charge in [-0.05, 0) is 65.6 Å². The summed E-state index contributed by atoms with van der Waals surface area (Å²) < 4.78 is 16.9. The minimum atomic E-state index is -1.03. The van der Waals surface area contributed by atoms with Crippen LogP contribution in [0.1, 0.15) is 10.6 Å². The predicted molar refractivity (Wildman–Crippen MR) is 161 cm³/mol. The van der Waals surface area contributed by atoms with Crippen LogP contribution in [0.3, 0.4) is 0 Å². The molecule has 6 rings (SSSR count). The third-order valence-electron chi connectivity index (χ3n) is 6.67. The number of hydrogen-bond acceptors (Lipinski definition) is 7. The minimum Gasteiger partial charge on any atom is -0.486 e. The Morgan fingerprint density at radius 3 is 2.43 bits per heavy atom. The van der Waals surface area contributed by atoms with Gasteiger partial charge in [0, 0.05) is 5.56 Å². The Balaban J connectivity index is 1.30. The molecule has 8 nitrogen and oxygen atoms in total. The number of aromatic nitrogens is 1. The Labute approximate surface area is 246 Å². The van der Waals surface area contributed by atoms with Gasteiger partial charge < -0.3 is 24.6 Å². The molecule has 42 heavy (non-hydrogen) atoms. The van der Waals surface area contributed by atoms with Crippen molar-refractivity contribution in [3.05, 3.63) is 102 Å². The number of nitrogens with zero attached hydrogens (tertiary/aromatic N) is 1. The van der Waals surface area contributed by atoms with Gasteiger partial charge in [0.25, 0.3) is 5.91 Å². The zero-order valence-electron chi connectivity index (χ0n) is 22.6. The fourth-order valence-corrected chi connectivity index (χ4v) is 5.66. The van der Waals surface area contributed by atoms with Gasteiger partial charge in [0.2, 0.25) is 0 Å². The number of thiazole rings is 1. The molecule has 0 saturated heterocycles. The predicted octanol–water partition coefficient (Wildman–Crippen LogP) is 6.83. The zero-order chi connectivity index (χ0) is 29.1. The van der Waals surface area contributed by atoms with Crippen molar-refractivity contribution >= 4 is 28.9 Å². The average Bonchev–Trinajstić information content (AvgIpc) is 3.44. The standard InChI is InChI=1S/C33H26N2O6S/c1-20-15-25(12-14-27(20)41-19-31(37)38)39-18-30-35-32(24-11-13-28-26(16-24)34-29(36)17-40-28)33(42-30)23-9-7-22(8-10-23)21-5-3-2-4-6-21/h2-16H,17-19H2,1H3,(H,34,36)(H,37,38). The fraction of sp³-hybridized carbons (Fsp3) is 0.121. The largest absolute Gasteiger partial charge is 0.486 e. The molecular weight excluding hydrogens is 552 g/mol. The van der Waals surface area contributed by atoms with Crippen LogP contribution in [0.2, 0.25) is 0 Å². The lowest BCUT2D eigenvalue weighted by molar-refractivity contribution is -0.139. The van der Waals surface area contributed by atoms with E-state index in [-0.39, 0.29) is 19.1 Å². The molecule has 0 radical (unpaired) electrons. The molecule has 1 aliphatic heterocycles. The van der Waals surface area contributed by atoms with Gasteiger partial charge in [0.1, 0.15) is 28.9 Å². The number of rotatable bonds is 9. The van der Waals surface area contributed by atoms with Gasteiger partial charge in [-0.3, -0.25) is 4.79 Å². The lowest BCUT2D eigenvalue weighted by atomic mass is 10.0. The van der Waals surface area contributed by atoms with E-state index in [4.69, 9.17) is 24.3 Å². The number of fused-ring (bicyclic) bond motifs is 1. The van der Waals surface area contributed by atoms with Crippen LogP contribution in [-0.2, 0) is 16.2 Å². The maximum absolute atomic E-state index is 11.9. The minimum absolute atomic E-state index is 0.00428. The summed E-state index contributed by atoms with van der Waals surface area (Å²) in [5.41, 5.74) is 6.28. The molecule has 2 N–H and O–H groups in total. The Morgan fingerprint density at radius 1 is 0.929 bits per heavy atom. The first kappa shape index (κ1) is 27.0. The Hall–Kier alpha value is -5.15. The third kappa shape index (κ3) is 5.96. The van der Waals surface area contributed by atoms with Crippen molar-refractivity contribution < 1.29 is 28.9 Å². The van der Waals surface area contributed by atoms with E-state index in [1.807, 2.05) is 43.3 Å². The molecule has 2 heterocycles. The highest BCUT2D eigenvalue weighted by Gasteiger charge is 2.20. The molecule has 4 aromatic carbocycles. The van der Waals surface area contributed by atoms with Crippen molar-refractivity contribution in [2.75, 3.05) is 18.5 Å². The number of benzene rings is 4. The first-order valence-corrected chi connectivity index (χ1v) is 14.1. The average molecular weight is 579 g/mol. The Bertz CT molecular complexity index is 1770. The van der Waals surface area contributed by atoms with Gasteiger partial charge in [-0.25, -0.2) is 9.78 Å². The van der Waals surface area contributed by atoms with Crippen molar-refractivity contribution in [3.8, 4) is 50.1 Å². The summed E-state index contributed by atoms with van der Waals surface area (Å²) in [6, 6.07) is 29.5. The summed E-state index contributed by atoms with van der Waals surface area (Å²) >= 11 is 1.54. The molecule has 1 amide bonds. The number of anilines is 1. The van der Waals surface area contributed by atoms with Crippen LogP contribution in [-0.4, -0.2) is 35.2 Å². The zero-order valence-corrected chi connectivity index (χ0v) is 23.4. The van der Waals surface area contributed by atoms with E-state index in [1.54, 1.807) is 29.5 Å². The van der Waals surface area contributed by atoms with Crippen molar-refractivity contribution in [1.82, 2.24) is 4.98 Å². The smallest absolute Gasteiger partial charge is 0.341 e. The number of nitrogens with one attached hydrogen (secondary N) is 1. The number of carboxylic acid groups (broad SMARTS) is 1. The number of aliphatic carboxylic acids is 1. The lowest BCUT2D eigenvalue weighted by Gasteiger charge is -2.18. The number of ether oxygens (including phenoxy) is 3. The van der Waals surface area contributed by atoms with E-state index in [9.17, 15) is 9.59 Å². The van der Waals surface area contributed by atoms with Gasteiger partial charge >= 0.3 is 5.97 Å². The van der Waals surface area contributed by atoms with Crippen LogP contribution in [0.5, 0.6) is 17.2 Å². The molecule has 0 unspecified atom stereocenters. The number of aryl methyl sites for hydroxylation is 1. The molecule has 0 spiro atoms. The van der Waals surface area contributed by atoms with E-state index in [1.165, 1.54) is 0 Å². The summed E-state index contributed by atoms with van der Waals surface area (Å²) in [6.45, 7) is 1.66. The van der Waals surface area contributed by atoms with Crippen molar-refractivity contribution in [2.24, 2.45) is 0 Å². The molecule has 9 heteroatoms. The molecular formula is C33H26N2O6S. The highest BCUT2D eigenvalue weighted by atomic mass is 32.1. The molecule has 0 saturated carbocycles. The van der Waals surface area contributed by atoms with E-state index < -0.39 is 12.6 Å². The molecule has 1 aromatic heterocycles. The second-order valence-electron chi connectivity index (χ2n) is 9.67. The van der Waals surface area contributed by atoms with Crippen LogP contribution in [0.15, 0.2) is 91.0 Å². The van der Waals surface area contributed by atoms with Crippen LogP contribution < -0.4 is 19.5 Å². The summed E-state index contributed by atoms with van der Waals surface area (Å²) in [4.78, 5) is 28.7. The van der Waals surface area contributed by atoms with Gasteiger partial charge in [-0.15, -0.1) is 11.3 Å². The van der Waals surface area contributed by atoms with Gasteiger partial charge in [0.05, 0.1) is 16.3 Å². The topological polar surface area (TPSA) is 107 Å². The SMILES string of the molecule is Cc1cc(OCc2nc(-c3ccc4c(c3)NC(=O)CO4)c(-c3ccc(-c4ccccc4)cc3)s2)ccc1OCC(=O)O. The van der Waals surface area contributed by atoms with Crippen LogP contribution in [0.4, 0.5) is 5.69 Å². The van der Waals surface area contributed by atoms with E-state index in [0.29, 0.717) is 22.9 Å². The second-order valence-corrected chi connectivity index (χ2v) is 10.8. The first-order chi connectivity index (χ1) is 20.4. The maximum Gasteiger partial charge on any atom is 0.341 e. The molecule has 1 aliphatic rings. The molecule has 0 fully saturated rings. The number of carboxylic acids is 1. The summed E-state index contributed by atoms with van der Waals surface area (Å²) in [5, 5.41) is 12.5. The number of hydrogen-bond donors (Lipinski definition) is 2. The van der Waals surface area contributed by atoms with E-state index in [0.717, 1.165) is 43.4 Å². The number of amides is 1. The molecule has 0 aliphatic carbocycles. The fourth-order valence-electron chi connectivity index (χ4n) is 4.65. The highest BCUT2D eigenvalue weighted by molar-refractivity contribution is 7.15. The molecule has 210 valence electrons. The molecule has 0 atom stereocenters. The third-order valence-corrected chi connectivity index (χ3v) is 7.75. The quantitative estimate of drug-likeness (QED) is 0.198. The summed E-state index contributed by atoms with van der Waals surface area (Å²) in [5.74, 6) is 0.504. The van der Waals surface area contributed by atoms with Gasteiger partial charge in [-0.1, -0.05) is 54.6 Å². The van der Waals surface area contributed by atoms with Crippen LogP contribution in [0.25, 0.3) is 32.8 Å². The molecule has 5 aromatic rings. The first-order valence-electron chi connectivity index (χ1n) is 13.2. The lowest BCUT2D eigenvalue weighted by Crippen LogP contribution is -2.25. The van der Waals surface area contributed by atoms with Gasteiger partial charge in [-0.2, -0.15) is 0 Å². The van der Waals surface area contributed by atoms with Crippen molar-refractivity contribution in [3.63, 3.8) is 0 Å². The Morgan fingerprint density at radius 2 is 1.67 bits per heavy atom. The van der Waals surface area contributed by atoms with E-state index >= 15 is 0 Å². The van der Waals surface area contributed by atoms with Crippen LogP contribution in [0, 0.1) is 6.92 Å². The van der Waals surface area contributed by atoms with Gasteiger partial charge in [0.15, 0.2) is 13.2 Å². The van der Waals surface area contributed by atoms with Crippen molar-refractivity contribution in [1.29, 1.82) is 0 Å². The highest BCUT2D eigenvalue weighted by Crippen LogP contribution is 2.41. The normalized spacial score (nSPS) is 12.2. The maximum atomic E-state index is 11.9. The summed E-state index contributed by atoms with van der Waals surface area (Å²) in [7, 11) is 0. The van der Waals surface area contributed by atoms with E-state index in [2.05, 4.69) is 41.7 Å². The Kier molecular flexibility index (Phi) is 7.57. The monoisotopic (exact) mass is 578 g/mol. The second kappa shape index (κ2) is 11.8. The number of carbonyl (C=O) groups excluding carboxylic acids is 1. The van der Waals surface area contributed by atoms with Crippen LogP contribution >= 0.6 is 11.3 Å². The molecule has 0 bridgehead atoms. The number of carbonyl (C=O) groups is 2. The summed E-state index contributed by atoms with van der Waals surface area (Å²) in [6.07, 6.45) is 0.